The van der Waals surface area contributed by atoms with Gasteiger partial charge in [-0.3, -0.25) is 9.59 Å². The number of ether oxygens (including phenoxy) is 2. The number of unbranched alkanes of at least 4 members (excludes halogenated alkanes) is 1. The molecule has 0 saturated carbocycles. The molecule has 10 nitrogen and oxygen atoms in total. The second-order valence-electron chi connectivity index (χ2n) is 13.6. The summed E-state index contributed by atoms with van der Waals surface area (Å²) in [6, 6.07) is 10.8. The second kappa shape index (κ2) is 18.0. The number of phenolic OH excluding ortho intramolecular Hbond substituents is 1. The third-order valence-electron chi connectivity index (χ3n) is 7.02. The first kappa shape index (κ1) is 39.4. The van der Waals surface area contributed by atoms with Crippen molar-refractivity contribution in [2.45, 2.75) is 110 Å². The van der Waals surface area contributed by atoms with Gasteiger partial charge in [0.2, 0.25) is 11.8 Å². The van der Waals surface area contributed by atoms with E-state index in [0.717, 1.165) is 12.0 Å². The van der Waals surface area contributed by atoms with Crippen molar-refractivity contribution < 1.29 is 33.8 Å². The number of carbonyl (C=O) groups is 4. The Hall–Kier alpha value is -3.73. The van der Waals surface area contributed by atoms with Gasteiger partial charge < -0.3 is 30.1 Å². The number of rotatable bonds is 15. The van der Waals surface area contributed by atoms with Crippen LogP contribution in [-0.4, -0.2) is 75.7 Å². The zero-order valence-corrected chi connectivity index (χ0v) is 30.2. The molecule has 0 spiro atoms. The molecule has 0 aliphatic carbocycles. The fourth-order valence-electron chi connectivity index (χ4n) is 4.83. The molecule has 260 valence electrons. The van der Waals surface area contributed by atoms with E-state index in [1.807, 2.05) is 43.5 Å². The van der Waals surface area contributed by atoms with E-state index >= 15 is 0 Å². The van der Waals surface area contributed by atoms with Crippen LogP contribution in [0.1, 0.15) is 90.5 Å². The van der Waals surface area contributed by atoms with Crippen LogP contribution in [0.2, 0.25) is 0 Å². The highest BCUT2D eigenvalue weighted by atomic mass is 32.2. The van der Waals surface area contributed by atoms with Crippen LogP contribution >= 0.6 is 11.8 Å². The van der Waals surface area contributed by atoms with Crippen LogP contribution in [0.4, 0.5) is 4.79 Å². The summed E-state index contributed by atoms with van der Waals surface area (Å²) in [6.45, 7) is 14.4. The summed E-state index contributed by atoms with van der Waals surface area (Å²) in [5.74, 6) is -1.04. The number of alkyl carbamates (subject to hydrolysis) is 1. The lowest BCUT2D eigenvalue weighted by Crippen LogP contribution is -2.55. The molecule has 3 unspecified atom stereocenters. The fraction of sp³-hybridized carbons (Fsp3) is 0.556. The minimum absolute atomic E-state index is 0.0412. The smallest absolute Gasteiger partial charge is 0.408 e. The van der Waals surface area contributed by atoms with Crippen molar-refractivity contribution in [3.8, 4) is 5.75 Å². The Morgan fingerprint density at radius 2 is 1.55 bits per heavy atom. The molecule has 0 aliphatic heterocycles. The molecule has 0 bridgehead atoms. The maximum Gasteiger partial charge on any atom is 0.408 e. The fourth-order valence-corrected chi connectivity index (χ4v) is 5.30. The van der Waals surface area contributed by atoms with Crippen molar-refractivity contribution in [2.75, 3.05) is 18.6 Å². The molecule has 0 aliphatic rings. The van der Waals surface area contributed by atoms with E-state index in [2.05, 4.69) is 10.6 Å². The first-order valence-electron chi connectivity index (χ1n) is 16.1. The number of nitrogens with zero attached hydrogens (tertiary/aromatic N) is 1. The molecule has 0 radical (unpaired) electrons. The molecular weight excluding hydrogens is 618 g/mol. The highest BCUT2D eigenvalue weighted by Crippen LogP contribution is 2.28. The van der Waals surface area contributed by atoms with E-state index in [1.54, 1.807) is 60.6 Å². The first-order valence-corrected chi connectivity index (χ1v) is 17.5. The summed E-state index contributed by atoms with van der Waals surface area (Å²) < 4.78 is 11.2. The third-order valence-corrected chi connectivity index (χ3v) is 7.67. The molecule has 0 saturated heterocycles. The first-order chi connectivity index (χ1) is 22.0. The molecule has 47 heavy (non-hydrogen) atoms. The summed E-state index contributed by atoms with van der Waals surface area (Å²) in [4.78, 5) is 56.7. The lowest BCUT2D eigenvalue weighted by molar-refractivity contribution is -0.159. The zero-order chi connectivity index (χ0) is 35.4. The number of aromatic hydroxyl groups is 1. The van der Waals surface area contributed by atoms with Gasteiger partial charge in [-0.2, -0.15) is 11.8 Å². The average Bonchev–Trinajstić information content (AvgIpc) is 2.97. The number of hydrogen-bond acceptors (Lipinski definition) is 8. The Balaban J connectivity index is 2.63. The van der Waals surface area contributed by atoms with Gasteiger partial charge in [0.15, 0.2) is 0 Å². The predicted octanol–water partition coefficient (Wildman–Crippen LogP) is 6.09. The molecular formula is C36H53N3O7S. The van der Waals surface area contributed by atoms with Crippen LogP contribution in [0.5, 0.6) is 5.75 Å². The SMILES string of the molecule is CCCCN(C(=O)C(CCSC)NC(=O)OC(C)(C)C)C(C(=O)NC(Cc1ccccc1)C(=O)OC(C)(C)C)c1ccc(O)c(C)c1. The third kappa shape index (κ3) is 13.5. The van der Waals surface area contributed by atoms with Gasteiger partial charge in [0.1, 0.15) is 35.1 Å². The van der Waals surface area contributed by atoms with E-state index in [9.17, 15) is 24.3 Å². The number of carbonyl (C=O) groups excluding carboxylic acids is 4. The van der Waals surface area contributed by atoms with Crippen LogP contribution < -0.4 is 10.6 Å². The van der Waals surface area contributed by atoms with Crippen LogP contribution in [-0.2, 0) is 30.3 Å². The van der Waals surface area contributed by atoms with Crippen molar-refractivity contribution in [1.82, 2.24) is 15.5 Å². The number of esters is 1. The maximum atomic E-state index is 14.5. The monoisotopic (exact) mass is 671 g/mol. The molecule has 0 fully saturated rings. The van der Waals surface area contributed by atoms with Crippen molar-refractivity contribution in [3.63, 3.8) is 0 Å². The molecule has 3 amide bonds. The topological polar surface area (TPSA) is 134 Å². The van der Waals surface area contributed by atoms with Gasteiger partial charge in [0, 0.05) is 13.0 Å². The van der Waals surface area contributed by atoms with E-state index in [0.29, 0.717) is 29.7 Å². The Morgan fingerprint density at radius 1 is 0.915 bits per heavy atom. The normalized spacial score (nSPS) is 13.6. The molecule has 3 atom stereocenters. The Morgan fingerprint density at radius 3 is 2.11 bits per heavy atom. The summed E-state index contributed by atoms with van der Waals surface area (Å²) in [5.41, 5.74) is 0.206. The van der Waals surface area contributed by atoms with Gasteiger partial charge in [-0.25, -0.2) is 9.59 Å². The van der Waals surface area contributed by atoms with Gasteiger partial charge in [-0.05, 0) is 102 Å². The molecule has 2 rings (SSSR count). The summed E-state index contributed by atoms with van der Waals surface area (Å²) in [5, 5.41) is 16.0. The van der Waals surface area contributed by atoms with Crippen LogP contribution in [0.15, 0.2) is 48.5 Å². The zero-order valence-electron chi connectivity index (χ0n) is 29.3. The average molecular weight is 672 g/mol. The number of benzene rings is 2. The molecule has 2 aromatic rings. The highest BCUT2D eigenvalue weighted by Gasteiger charge is 2.38. The standard InChI is InChI=1S/C36H53N3O7S/c1-10-11-20-39(32(42)27(19-21-47-9)38-34(44)46-36(6,7)8)30(26-17-18-29(40)24(2)22-26)31(41)37-28(33(43)45-35(3,4)5)23-25-15-13-12-14-16-25/h12-18,22,27-28,30,40H,10-11,19-21,23H2,1-9H3,(H,37,41)(H,38,44). The van der Waals surface area contributed by atoms with Gasteiger partial charge in [-0.15, -0.1) is 0 Å². The van der Waals surface area contributed by atoms with Crippen molar-refractivity contribution in [3.05, 3.63) is 65.2 Å². The summed E-state index contributed by atoms with van der Waals surface area (Å²) in [7, 11) is 0. The van der Waals surface area contributed by atoms with Gasteiger partial charge in [-0.1, -0.05) is 49.7 Å². The van der Waals surface area contributed by atoms with E-state index in [-0.39, 0.29) is 18.7 Å². The minimum atomic E-state index is -1.19. The van der Waals surface area contributed by atoms with Gasteiger partial charge >= 0.3 is 12.1 Å². The lowest BCUT2D eigenvalue weighted by atomic mass is 9.98. The number of phenols is 1. The van der Waals surface area contributed by atoms with Crippen molar-refractivity contribution in [2.24, 2.45) is 0 Å². The van der Waals surface area contributed by atoms with E-state index in [1.165, 1.54) is 22.7 Å². The quantitative estimate of drug-likeness (QED) is 0.194. The lowest BCUT2D eigenvalue weighted by Gasteiger charge is -2.35. The van der Waals surface area contributed by atoms with E-state index in [4.69, 9.17) is 9.47 Å². The minimum Gasteiger partial charge on any atom is -0.508 e. The summed E-state index contributed by atoms with van der Waals surface area (Å²) >= 11 is 1.53. The molecule has 0 aromatic heterocycles. The Bertz CT molecular complexity index is 1340. The molecule has 11 heteroatoms. The Kier molecular flexibility index (Phi) is 15.1. The number of aryl methyl sites for hydroxylation is 1. The van der Waals surface area contributed by atoms with Crippen LogP contribution in [0.25, 0.3) is 0 Å². The van der Waals surface area contributed by atoms with Crippen LogP contribution in [0, 0.1) is 6.92 Å². The number of amides is 3. The maximum absolute atomic E-state index is 14.5. The van der Waals surface area contributed by atoms with Crippen LogP contribution in [0.3, 0.4) is 0 Å². The molecule has 3 N–H and O–H groups in total. The van der Waals surface area contributed by atoms with Crippen molar-refractivity contribution >= 4 is 35.6 Å². The largest absolute Gasteiger partial charge is 0.508 e. The van der Waals surface area contributed by atoms with Gasteiger partial charge in [0.05, 0.1) is 0 Å². The molecule has 0 heterocycles. The highest BCUT2D eigenvalue weighted by molar-refractivity contribution is 7.98. The summed E-state index contributed by atoms with van der Waals surface area (Å²) in [6.07, 6.45) is 2.95. The predicted molar refractivity (Wildman–Crippen MR) is 186 cm³/mol. The number of thioether (sulfide) groups is 1. The molecule has 2 aromatic carbocycles. The van der Waals surface area contributed by atoms with Crippen molar-refractivity contribution in [1.29, 1.82) is 0 Å². The number of hydrogen-bond donors (Lipinski definition) is 3. The van der Waals surface area contributed by atoms with E-state index < -0.39 is 53.2 Å². The second-order valence-corrected chi connectivity index (χ2v) is 14.6. The van der Waals surface area contributed by atoms with Gasteiger partial charge in [0.25, 0.3) is 0 Å². The Labute approximate surface area is 284 Å². The number of nitrogens with one attached hydrogen (secondary N) is 2.